The summed E-state index contributed by atoms with van der Waals surface area (Å²) in [6, 6.07) is 11.4. The molecule has 0 bridgehead atoms. The van der Waals surface area contributed by atoms with E-state index in [0.29, 0.717) is 21.9 Å². The van der Waals surface area contributed by atoms with E-state index in [1.165, 1.54) is 28.7 Å². The Morgan fingerprint density at radius 1 is 0.622 bits per heavy atom. The van der Waals surface area contributed by atoms with Gasteiger partial charge in [0.2, 0.25) is 10.9 Å². The van der Waals surface area contributed by atoms with E-state index in [1.54, 1.807) is 6.92 Å². The number of aryl methyl sites for hydroxylation is 2. The summed E-state index contributed by atoms with van der Waals surface area (Å²) in [6.07, 6.45) is 7.05. The van der Waals surface area contributed by atoms with E-state index in [4.69, 9.17) is 13.6 Å². The molecule has 0 amide bonds. The monoisotopic (exact) mass is 1200 g/mol. The fraction of sp³-hybridized carbons (Fsp3) is 0.367. The maximum absolute atomic E-state index is 15.8. The highest BCUT2D eigenvalue weighted by Gasteiger charge is 2.42. The average Bonchev–Trinajstić information content (AvgIpc) is 4.18. The zero-order valence-electron chi connectivity index (χ0n) is 47.2. The van der Waals surface area contributed by atoms with E-state index in [9.17, 15) is 41.8 Å². The van der Waals surface area contributed by atoms with E-state index < -0.39 is 85.5 Å². The summed E-state index contributed by atoms with van der Waals surface area (Å²) in [7, 11) is -4.17. The van der Waals surface area contributed by atoms with Gasteiger partial charge in [0.25, 0.3) is 0 Å². The Labute approximate surface area is 479 Å². The Bertz CT molecular complexity index is 4000. The van der Waals surface area contributed by atoms with Gasteiger partial charge >= 0.3 is 11.9 Å². The van der Waals surface area contributed by atoms with Crippen LogP contribution in [0.15, 0.2) is 82.6 Å². The summed E-state index contributed by atoms with van der Waals surface area (Å²) in [4.78, 5) is 62.7. The fourth-order valence-electron chi connectivity index (χ4n) is 9.58. The van der Waals surface area contributed by atoms with Crippen LogP contribution in [0.2, 0.25) is 36.3 Å². The predicted molar refractivity (Wildman–Crippen MR) is 312 cm³/mol. The number of carbonyl (C=O) groups is 2. The Hall–Kier alpha value is -6.57. The second-order valence-corrected chi connectivity index (χ2v) is 35.3. The molecule has 0 saturated heterocycles. The number of aromatic nitrogens is 4. The fourth-order valence-corrected chi connectivity index (χ4v) is 14.9. The van der Waals surface area contributed by atoms with Crippen molar-refractivity contribution in [2.45, 2.75) is 135 Å². The number of nitrogens with zero attached hydrogens (tertiary/aromatic N) is 4. The van der Waals surface area contributed by atoms with E-state index in [-0.39, 0.29) is 73.7 Å². The molecular formula is C60H62F6N4O8S2Si2. The minimum atomic E-state index is -2.08. The number of aromatic carboxylic acids is 1. The number of carboxylic acid groups (broad SMARTS) is 1. The number of hydrogen-bond acceptors (Lipinski definition) is 11. The minimum Gasteiger partial charge on any atom is -0.477 e. The molecule has 82 heavy (non-hydrogen) atoms. The Morgan fingerprint density at radius 3 is 1.40 bits per heavy atom. The van der Waals surface area contributed by atoms with Crippen LogP contribution in [-0.4, -0.2) is 59.4 Å². The van der Waals surface area contributed by atoms with Gasteiger partial charge in [-0.25, -0.2) is 45.9 Å². The maximum atomic E-state index is 15.8. The highest BCUT2D eigenvalue weighted by atomic mass is 32.1. The molecule has 2 unspecified atom stereocenters. The van der Waals surface area contributed by atoms with Crippen LogP contribution >= 0.6 is 22.7 Å². The molecule has 1 N–H and O–H groups in total. The van der Waals surface area contributed by atoms with Crippen molar-refractivity contribution in [1.29, 1.82) is 0 Å². The molecule has 12 nitrogen and oxygen atoms in total. The smallest absolute Gasteiger partial charge is 0.343 e. The zero-order chi connectivity index (χ0) is 59.7. The molecule has 432 valence electrons. The number of ether oxygens (including phenoxy) is 1. The summed E-state index contributed by atoms with van der Waals surface area (Å²) >= 11 is 2.78. The van der Waals surface area contributed by atoms with E-state index in [2.05, 4.69) is 77.7 Å². The molecule has 0 spiro atoms. The second-order valence-electron chi connectivity index (χ2n) is 23.6. The van der Waals surface area contributed by atoms with Gasteiger partial charge in [-0.2, -0.15) is 0 Å². The van der Waals surface area contributed by atoms with Gasteiger partial charge in [-0.15, -0.1) is 22.7 Å². The van der Waals surface area contributed by atoms with Crippen LogP contribution in [-0.2, 0) is 26.4 Å². The molecule has 8 aromatic rings. The summed E-state index contributed by atoms with van der Waals surface area (Å²) in [5.41, 5.74) is -1.39. The predicted octanol–water partition coefficient (Wildman–Crippen LogP) is 15.7. The number of fused-ring (bicyclic) bond motifs is 4. The first-order valence-electron chi connectivity index (χ1n) is 26.8. The van der Waals surface area contributed by atoms with E-state index >= 15 is 8.78 Å². The molecule has 2 aromatic carbocycles. The summed E-state index contributed by atoms with van der Waals surface area (Å²) < 4.78 is 109. The van der Waals surface area contributed by atoms with Crippen LogP contribution in [0.1, 0.15) is 128 Å². The molecule has 10 rings (SSSR count). The number of benzene rings is 2. The highest BCUT2D eigenvalue weighted by Crippen LogP contribution is 2.49. The first kappa shape index (κ1) is 60.0. The number of pyridine rings is 4. The number of rotatable bonds is 11. The minimum absolute atomic E-state index is 0.00402. The largest absolute Gasteiger partial charge is 0.477 e. The van der Waals surface area contributed by atoms with Gasteiger partial charge in [0.1, 0.15) is 57.1 Å². The number of carboxylic acids is 1. The normalized spacial score (nSPS) is 15.7. The van der Waals surface area contributed by atoms with Crippen LogP contribution in [0.25, 0.3) is 54.6 Å². The van der Waals surface area contributed by atoms with E-state index in [0.717, 1.165) is 111 Å². The highest BCUT2D eigenvalue weighted by molar-refractivity contribution is 7.16. The zero-order valence-corrected chi connectivity index (χ0v) is 50.8. The summed E-state index contributed by atoms with van der Waals surface area (Å²) in [5.74, 6) is -7.64. The van der Waals surface area contributed by atoms with Crippen molar-refractivity contribution < 1.29 is 54.6 Å². The van der Waals surface area contributed by atoms with Crippen molar-refractivity contribution in [3.8, 4) is 32.5 Å². The lowest BCUT2D eigenvalue weighted by Gasteiger charge is -2.40. The summed E-state index contributed by atoms with van der Waals surface area (Å²) in [5, 5.41) is 9.06. The van der Waals surface area contributed by atoms with Gasteiger partial charge in [0.05, 0.1) is 50.7 Å². The molecule has 0 fully saturated rings. The Kier molecular flexibility index (Phi) is 16.5. The maximum Gasteiger partial charge on any atom is 0.343 e. The molecule has 2 aliphatic carbocycles. The standard InChI is InChI=1S/C31H33F3N2O4SSi.C29H29F3N2O4SSi/c1-7-39-30(38)20-16-36(23-12-11-18(32)14-21(23)33)29-19(27(20)37)15-22(34)26(35-29)25-13-17-9-8-10-24(28(17)41-25)40-42(5,6)31(2,3)4;1-29(2,3)40(4,5)38-22-8-6-7-15-11-23(39-26(15)22)24-20(32)13-17-25(35)18(28(36)37)14-34(27(17)33-24)21-10-9-16(30)12-19(21)31/h11-16,24H,7-10H2,1-6H3;9-14,22H,6-8H2,1-5H3,(H,36,37). The van der Waals surface area contributed by atoms with Crippen LogP contribution in [0.5, 0.6) is 0 Å². The average molecular weight is 1200 g/mol. The van der Waals surface area contributed by atoms with Gasteiger partial charge in [-0.05, 0) is 141 Å². The number of thiophene rings is 2. The Morgan fingerprint density at radius 2 is 1.02 bits per heavy atom. The molecule has 0 aliphatic heterocycles. The molecule has 0 radical (unpaired) electrons. The van der Waals surface area contributed by atoms with Crippen molar-refractivity contribution in [2.24, 2.45) is 0 Å². The number of esters is 1. The van der Waals surface area contributed by atoms with Crippen molar-refractivity contribution in [2.75, 3.05) is 6.61 Å². The van der Waals surface area contributed by atoms with Crippen molar-refractivity contribution in [3.05, 3.63) is 160 Å². The number of halogens is 6. The van der Waals surface area contributed by atoms with Gasteiger partial charge < -0.3 is 18.7 Å². The lowest BCUT2D eigenvalue weighted by Crippen LogP contribution is -2.42. The number of carbonyl (C=O) groups excluding carboxylic acids is 1. The molecule has 22 heteroatoms. The first-order valence-corrected chi connectivity index (χ1v) is 34.3. The van der Waals surface area contributed by atoms with Crippen molar-refractivity contribution in [3.63, 3.8) is 0 Å². The quantitative estimate of drug-likeness (QED) is 0.0752. The van der Waals surface area contributed by atoms with Crippen molar-refractivity contribution >= 4 is 73.3 Å². The molecule has 6 aromatic heterocycles. The molecule has 2 aliphatic rings. The lowest BCUT2D eigenvalue weighted by molar-refractivity contribution is 0.0523. The molecular weight excluding hydrogens is 1140 g/mol. The third-order valence-corrected chi connectivity index (χ3v) is 27.5. The van der Waals surface area contributed by atoms with Gasteiger partial charge in [0, 0.05) is 34.3 Å². The summed E-state index contributed by atoms with van der Waals surface area (Å²) in [6.45, 7) is 23.5. The first-order chi connectivity index (χ1) is 38.4. The van der Waals surface area contributed by atoms with Crippen LogP contribution in [0.4, 0.5) is 26.3 Å². The lowest BCUT2D eigenvalue weighted by atomic mass is 9.96. The Balaban J connectivity index is 0.000000198. The molecule has 6 heterocycles. The van der Waals surface area contributed by atoms with Gasteiger partial charge in [-0.3, -0.25) is 18.7 Å². The second kappa shape index (κ2) is 22.5. The topological polar surface area (TPSA) is 152 Å². The number of hydrogen-bond donors (Lipinski definition) is 1. The third-order valence-electron chi connectivity index (χ3n) is 16.0. The SMILES string of the molecule is CC(C)(C)[Si](C)(C)OC1CCCc2cc(-c3nc4c(cc3F)c(=O)c(C(=O)O)cn4-c3ccc(F)cc3F)sc21.CCOC(=O)c1cn(-c2ccc(F)cc2F)c2nc(-c3cc4c(s3)C(O[Si](C)(C)C(C)(C)C)CCC4)c(F)cc2c1=O. The van der Waals surface area contributed by atoms with Crippen LogP contribution in [0.3, 0.4) is 0 Å². The van der Waals surface area contributed by atoms with E-state index in [1.807, 2.05) is 12.1 Å². The van der Waals surface area contributed by atoms with Gasteiger partial charge in [0.15, 0.2) is 28.3 Å². The van der Waals surface area contributed by atoms with Gasteiger partial charge in [-0.1, -0.05) is 41.5 Å². The van der Waals surface area contributed by atoms with Crippen LogP contribution < -0.4 is 10.9 Å². The molecule has 0 saturated carbocycles. The van der Waals surface area contributed by atoms with Crippen LogP contribution in [0, 0.1) is 34.9 Å². The third kappa shape index (κ3) is 11.6. The molecule has 2 atom stereocenters. The van der Waals surface area contributed by atoms with Crippen molar-refractivity contribution in [1.82, 2.24) is 19.1 Å².